The zero-order valence-corrected chi connectivity index (χ0v) is 17.6. The van der Waals surface area contributed by atoms with Gasteiger partial charge < -0.3 is 15.2 Å². The Labute approximate surface area is 184 Å². The second kappa shape index (κ2) is 8.97. The van der Waals surface area contributed by atoms with Crippen molar-refractivity contribution in [1.82, 2.24) is 19.9 Å². The number of fused-ring (bicyclic) bond motifs is 1. The van der Waals surface area contributed by atoms with Gasteiger partial charge in [0.15, 0.2) is 0 Å². The largest absolute Gasteiger partial charge is 0.352 e. The van der Waals surface area contributed by atoms with E-state index in [9.17, 15) is 9.59 Å². The Bertz CT molecular complexity index is 1240. The molecule has 2 N–H and O–H groups in total. The summed E-state index contributed by atoms with van der Waals surface area (Å²) in [5.41, 5.74) is 3.44. The fraction of sp³-hybridized carbons (Fsp3) is 0.130. The van der Waals surface area contributed by atoms with Gasteiger partial charge in [0, 0.05) is 37.5 Å². The van der Waals surface area contributed by atoms with Gasteiger partial charge in [0.25, 0.3) is 11.8 Å². The van der Waals surface area contributed by atoms with Crippen molar-refractivity contribution in [2.75, 3.05) is 11.9 Å². The van der Waals surface area contributed by atoms with Crippen LogP contribution < -0.4 is 10.6 Å². The van der Waals surface area contributed by atoms with Crippen LogP contribution in [0.25, 0.3) is 11.0 Å². The van der Waals surface area contributed by atoms with Gasteiger partial charge in [-0.25, -0.2) is 9.97 Å². The molecule has 0 aliphatic carbocycles. The molecule has 2 amide bonds. The maximum atomic E-state index is 12.4. The number of halogens is 1. The van der Waals surface area contributed by atoms with Gasteiger partial charge in [-0.3, -0.25) is 9.59 Å². The molecule has 2 aromatic carbocycles. The quantitative estimate of drug-likeness (QED) is 0.452. The number of nitrogens with zero attached hydrogens (tertiary/aromatic N) is 3. The summed E-state index contributed by atoms with van der Waals surface area (Å²) in [6, 6.07) is 17.9. The average molecular weight is 434 g/mol. The van der Waals surface area contributed by atoms with Crippen molar-refractivity contribution in [2.24, 2.45) is 7.05 Å². The lowest BCUT2D eigenvalue weighted by Crippen LogP contribution is -2.26. The van der Waals surface area contributed by atoms with Crippen molar-refractivity contribution in [3.8, 4) is 0 Å². The molecule has 31 heavy (non-hydrogen) atoms. The lowest BCUT2D eigenvalue weighted by Gasteiger charge is -2.06. The Morgan fingerprint density at radius 1 is 1.00 bits per heavy atom. The second-order valence-corrected chi connectivity index (χ2v) is 7.37. The van der Waals surface area contributed by atoms with E-state index in [-0.39, 0.29) is 11.8 Å². The van der Waals surface area contributed by atoms with Crippen molar-refractivity contribution < 1.29 is 9.59 Å². The molecule has 4 rings (SSSR count). The lowest BCUT2D eigenvalue weighted by molar-refractivity contribution is 0.0952. The van der Waals surface area contributed by atoms with Gasteiger partial charge in [-0.2, -0.15) is 0 Å². The van der Waals surface area contributed by atoms with Crippen LogP contribution in [0.2, 0.25) is 5.15 Å². The van der Waals surface area contributed by atoms with E-state index >= 15 is 0 Å². The van der Waals surface area contributed by atoms with E-state index in [1.165, 1.54) is 6.20 Å². The Morgan fingerprint density at radius 2 is 1.81 bits per heavy atom. The number of rotatable bonds is 6. The molecule has 8 heteroatoms. The summed E-state index contributed by atoms with van der Waals surface area (Å²) < 4.78 is 1.98. The van der Waals surface area contributed by atoms with Gasteiger partial charge in [-0.15, -0.1) is 0 Å². The number of pyridine rings is 1. The highest BCUT2D eigenvalue weighted by Crippen LogP contribution is 2.20. The van der Waals surface area contributed by atoms with Crippen LogP contribution in [0.1, 0.15) is 26.5 Å². The first-order chi connectivity index (χ1) is 15.0. The number of aromatic nitrogens is 3. The summed E-state index contributed by atoms with van der Waals surface area (Å²) in [5, 5.41) is 6.10. The predicted octanol–water partition coefficient (Wildman–Crippen LogP) is 3.85. The van der Waals surface area contributed by atoms with Gasteiger partial charge in [0.05, 0.1) is 16.6 Å². The third-order valence-corrected chi connectivity index (χ3v) is 5.11. The molecular weight excluding hydrogens is 414 g/mol. The molecule has 0 bridgehead atoms. The third-order valence-electron chi connectivity index (χ3n) is 4.89. The van der Waals surface area contributed by atoms with Gasteiger partial charge in [0.1, 0.15) is 11.0 Å². The molecule has 156 valence electrons. The average Bonchev–Trinajstić information content (AvgIpc) is 3.09. The number of nitrogens with one attached hydrogen (secondary N) is 2. The molecule has 0 saturated heterocycles. The smallest absolute Gasteiger partial charge is 0.255 e. The zero-order chi connectivity index (χ0) is 21.8. The minimum absolute atomic E-state index is 0.171. The number of hydrogen-bond acceptors (Lipinski definition) is 4. The number of aryl methyl sites for hydroxylation is 1. The number of benzene rings is 2. The minimum atomic E-state index is -0.214. The molecule has 0 aliphatic heterocycles. The van der Waals surface area contributed by atoms with Crippen LogP contribution in [-0.4, -0.2) is 32.9 Å². The number of hydrogen-bond donors (Lipinski definition) is 2. The van der Waals surface area contributed by atoms with E-state index in [0.29, 0.717) is 34.9 Å². The zero-order valence-electron chi connectivity index (χ0n) is 16.8. The molecule has 4 aromatic rings. The number of carbonyl (C=O) groups is 2. The molecule has 0 fully saturated rings. The van der Waals surface area contributed by atoms with Gasteiger partial charge >= 0.3 is 0 Å². The Hall–Kier alpha value is -3.71. The fourth-order valence-electron chi connectivity index (χ4n) is 3.24. The molecule has 2 heterocycles. The van der Waals surface area contributed by atoms with E-state index < -0.39 is 0 Å². The molecular formula is C23H20ClN5O2. The third kappa shape index (κ3) is 4.73. The van der Waals surface area contributed by atoms with Crippen molar-refractivity contribution in [3.63, 3.8) is 0 Å². The number of anilines is 1. The summed E-state index contributed by atoms with van der Waals surface area (Å²) in [6.07, 6.45) is 2.00. The molecule has 2 aromatic heterocycles. The fourth-order valence-corrected chi connectivity index (χ4v) is 3.36. The van der Waals surface area contributed by atoms with Crippen LogP contribution in [0.5, 0.6) is 0 Å². The molecule has 0 spiro atoms. The van der Waals surface area contributed by atoms with E-state index in [2.05, 4.69) is 20.6 Å². The lowest BCUT2D eigenvalue weighted by atomic mass is 10.2. The van der Waals surface area contributed by atoms with Crippen molar-refractivity contribution in [1.29, 1.82) is 0 Å². The SMILES string of the molecule is Cn1c(CCNC(=O)c2ccc(Cl)nc2)nc2cc(NC(=O)c3ccccc3)ccc21. The first-order valence-corrected chi connectivity index (χ1v) is 10.1. The normalized spacial score (nSPS) is 10.8. The maximum absolute atomic E-state index is 12.4. The van der Waals surface area contributed by atoms with Crippen molar-refractivity contribution >= 4 is 40.1 Å². The van der Waals surface area contributed by atoms with Crippen molar-refractivity contribution in [2.45, 2.75) is 6.42 Å². The van der Waals surface area contributed by atoms with Crippen molar-refractivity contribution in [3.05, 3.63) is 89.0 Å². The Kier molecular flexibility index (Phi) is 5.95. The Balaban J connectivity index is 1.42. The molecule has 0 atom stereocenters. The summed E-state index contributed by atoms with van der Waals surface area (Å²) in [5.74, 6) is 0.445. The molecule has 0 radical (unpaired) electrons. The highest BCUT2D eigenvalue weighted by atomic mass is 35.5. The van der Waals surface area contributed by atoms with E-state index in [4.69, 9.17) is 11.6 Å². The second-order valence-electron chi connectivity index (χ2n) is 6.99. The van der Waals surface area contributed by atoms with Crippen LogP contribution >= 0.6 is 11.6 Å². The molecule has 0 saturated carbocycles. The molecule has 0 aliphatic rings. The molecule has 7 nitrogen and oxygen atoms in total. The summed E-state index contributed by atoms with van der Waals surface area (Å²) in [7, 11) is 1.93. The van der Waals surface area contributed by atoms with Gasteiger partial charge in [0.2, 0.25) is 0 Å². The first kappa shape index (κ1) is 20.6. The van der Waals surface area contributed by atoms with E-state index in [1.807, 2.05) is 48.0 Å². The number of amides is 2. The standard InChI is InChI=1S/C23H20ClN5O2/c1-29-19-9-8-17(27-23(31)15-5-3-2-4-6-15)13-18(19)28-21(29)11-12-25-22(30)16-7-10-20(24)26-14-16/h2-10,13-14H,11-12H2,1H3,(H,25,30)(H,27,31). The highest BCUT2D eigenvalue weighted by molar-refractivity contribution is 6.29. The van der Waals surface area contributed by atoms with Gasteiger partial charge in [-0.05, 0) is 42.5 Å². The van der Waals surface area contributed by atoms with Crippen LogP contribution in [0.4, 0.5) is 5.69 Å². The Morgan fingerprint density at radius 3 is 2.55 bits per heavy atom. The molecule has 0 unspecified atom stereocenters. The van der Waals surface area contributed by atoms with Crippen LogP contribution in [-0.2, 0) is 13.5 Å². The topological polar surface area (TPSA) is 88.9 Å². The predicted molar refractivity (Wildman–Crippen MR) is 120 cm³/mol. The number of imidazole rings is 1. The highest BCUT2D eigenvalue weighted by Gasteiger charge is 2.12. The van der Waals surface area contributed by atoms with E-state index in [1.54, 1.807) is 24.3 Å². The summed E-state index contributed by atoms with van der Waals surface area (Å²) >= 11 is 5.75. The van der Waals surface area contributed by atoms with Gasteiger partial charge in [-0.1, -0.05) is 29.8 Å². The van der Waals surface area contributed by atoms with Crippen LogP contribution in [0.15, 0.2) is 66.9 Å². The van der Waals surface area contributed by atoms with Crippen LogP contribution in [0.3, 0.4) is 0 Å². The first-order valence-electron chi connectivity index (χ1n) is 9.73. The maximum Gasteiger partial charge on any atom is 0.255 e. The van der Waals surface area contributed by atoms with E-state index in [0.717, 1.165) is 16.9 Å². The summed E-state index contributed by atoms with van der Waals surface area (Å²) in [6.45, 7) is 0.427. The summed E-state index contributed by atoms with van der Waals surface area (Å²) in [4.78, 5) is 33.2. The number of carbonyl (C=O) groups excluding carboxylic acids is 2. The minimum Gasteiger partial charge on any atom is -0.352 e. The monoisotopic (exact) mass is 433 g/mol. The van der Waals surface area contributed by atoms with Crippen LogP contribution in [0, 0.1) is 0 Å².